The van der Waals surface area contributed by atoms with Crippen LogP contribution >= 0.6 is 23.1 Å². The number of thioether (sulfide) groups is 1. The Morgan fingerprint density at radius 2 is 1.96 bits per heavy atom. The fourth-order valence-electron chi connectivity index (χ4n) is 1.77. The van der Waals surface area contributed by atoms with Gasteiger partial charge in [0.1, 0.15) is 4.88 Å². The van der Waals surface area contributed by atoms with E-state index in [-0.39, 0.29) is 0 Å². The average molecular weight is 351 g/mol. The predicted molar refractivity (Wildman–Crippen MR) is 93.7 cm³/mol. The predicted octanol–water partition coefficient (Wildman–Crippen LogP) is 3.99. The number of esters is 1. The number of nitrogens with one attached hydrogen (secondary N) is 2. The van der Waals surface area contributed by atoms with Crippen molar-refractivity contribution in [2.45, 2.75) is 18.7 Å². The number of carbonyl (C=O) groups excluding carboxylic acids is 2. The molecule has 0 fully saturated rings. The zero-order chi connectivity index (χ0) is 16.8. The number of rotatable bonds is 5. The van der Waals surface area contributed by atoms with Crippen LogP contribution in [0.4, 0.5) is 15.6 Å². The number of amides is 2. The van der Waals surface area contributed by atoms with Gasteiger partial charge in [-0.15, -0.1) is 11.8 Å². The molecule has 0 aliphatic carbocycles. The van der Waals surface area contributed by atoms with Gasteiger partial charge in [-0.1, -0.05) is 11.3 Å². The average Bonchev–Trinajstić information content (AvgIpc) is 2.88. The molecule has 0 bridgehead atoms. The van der Waals surface area contributed by atoms with E-state index in [4.69, 9.17) is 4.74 Å². The molecule has 1 aromatic carbocycles. The van der Waals surface area contributed by atoms with E-state index in [1.165, 1.54) is 0 Å². The molecule has 1 aromatic heterocycles. The minimum absolute atomic E-state index is 0.297. The van der Waals surface area contributed by atoms with Gasteiger partial charge in [-0.2, -0.15) is 0 Å². The van der Waals surface area contributed by atoms with Crippen LogP contribution in [0.15, 0.2) is 29.2 Å². The lowest BCUT2D eigenvalue weighted by Crippen LogP contribution is -2.19. The molecule has 0 aliphatic rings. The van der Waals surface area contributed by atoms with E-state index in [9.17, 15) is 9.59 Å². The van der Waals surface area contributed by atoms with Gasteiger partial charge in [0.2, 0.25) is 0 Å². The van der Waals surface area contributed by atoms with Crippen molar-refractivity contribution in [1.29, 1.82) is 0 Å². The number of hydrogen-bond donors (Lipinski definition) is 2. The van der Waals surface area contributed by atoms with Crippen LogP contribution in [0.2, 0.25) is 0 Å². The third-order valence-corrected chi connectivity index (χ3v) is 4.62. The van der Waals surface area contributed by atoms with Crippen molar-refractivity contribution in [3.05, 3.63) is 34.8 Å². The Kier molecular flexibility index (Phi) is 6.00. The van der Waals surface area contributed by atoms with Crippen LogP contribution in [0, 0.1) is 6.92 Å². The Morgan fingerprint density at radius 1 is 1.26 bits per heavy atom. The lowest BCUT2D eigenvalue weighted by atomic mass is 10.3. The summed E-state index contributed by atoms with van der Waals surface area (Å²) < 4.78 is 4.95. The largest absolute Gasteiger partial charge is 0.462 e. The molecule has 0 unspecified atom stereocenters. The molecule has 2 aromatic rings. The standard InChI is InChI=1S/C15H17N3O3S2/c1-4-21-13(19)12-9(2)16-15(23-12)18-14(20)17-10-5-7-11(22-3)8-6-10/h5-8H,4H2,1-3H3,(H2,16,17,18,20). The minimum Gasteiger partial charge on any atom is -0.462 e. The van der Waals surface area contributed by atoms with Crippen molar-refractivity contribution >= 4 is 45.9 Å². The number of hydrogen-bond acceptors (Lipinski definition) is 6. The first-order chi connectivity index (χ1) is 11.0. The number of nitrogens with zero attached hydrogens (tertiary/aromatic N) is 1. The summed E-state index contributed by atoms with van der Waals surface area (Å²) in [6.07, 6.45) is 1.99. The second-order valence-electron chi connectivity index (χ2n) is 4.46. The summed E-state index contributed by atoms with van der Waals surface area (Å²) >= 11 is 2.72. The fourth-order valence-corrected chi connectivity index (χ4v) is 3.03. The molecule has 2 rings (SSSR count). The maximum absolute atomic E-state index is 12.0. The molecule has 2 amide bonds. The van der Waals surface area contributed by atoms with Gasteiger partial charge >= 0.3 is 12.0 Å². The molecule has 0 saturated carbocycles. The molecule has 0 radical (unpaired) electrons. The van der Waals surface area contributed by atoms with Gasteiger partial charge in [-0.05, 0) is 44.4 Å². The van der Waals surface area contributed by atoms with E-state index in [1.54, 1.807) is 25.6 Å². The van der Waals surface area contributed by atoms with Gasteiger partial charge in [-0.3, -0.25) is 5.32 Å². The van der Waals surface area contributed by atoms with Crippen LogP contribution < -0.4 is 10.6 Å². The quantitative estimate of drug-likeness (QED) is 0.629. The third-order valence-electron chi connectivity index (χ3n) is 2.83. The summed E-state index contributed by atoms with van der Waals surface area (Å²) in [6, 6.07) is 7.08. The summed E-state index contributed by atoms with van der Waals surface area (Å²) in [5.41, 5.74) is 1.22. The van der Waals surface area contributed by atoms with Crippen molar-refractivity contribution in [3.63, 3.8) is 0 Å². The van der Waals surface area contributed by atoms with Crippen LogP contribution in [0.5, 0.6) is 0 Å². The molecular weight excluding hydrogens is 334 g/mol. The van der Waals surface area contributed by atoms with Crippen molar-refractivity contribution in [1.82, 2.24) is 4.98 Å². The number of urea groups is 1. The highest BCUT2D eigenvalue weighted by molar-refractivity contribution is 7.98. The van der Waals surface area contributed by atoms with Gasteiger partial charge in [0, 0.05) is 10.6 Å². The molecule has 0 saturated heterocycles. The molecule has 122 valence electrons. The Morgan fingerprint density at radius 3 is 2.57 bits per heavy atom. The summed E-state index contributed by atoms with van der Waals surface area (Å²) in [5, 5.41) is 5.69. The van der Waals surface area contributed by atoms with Crippen LogP contribution in [-0.2, 0) is 4.74 Å². The number of ether oxygens (including phenoxy) is 1. The highest BCUT2D eigenvalue weighted by atomic mass is 32.2. The zero-order valence-corrected chi connectivity index (χ0v) is 14.6. The van der Waals surface area contributed by atoms with Crippen molar-refractivity contribution in [3.8, 4) is 0 Å². The lowest BCUT2D eigenvalue weighted by molar-refractivity contribution is 0.0531. The zero-order valence-electron chi connectivity index (χ0n) is 13.0. The third kappa shape index (κ3) is 4.70. The Bertz CT molecular complexity index is 698. The van der Waals surface area contributed by atoms with Gasteiger partial charge in [0.15, 0.2) is 5.13 Å². The van der Waals surface area contributed by atoms with E-state index in [0.29, 0.717) is 28.0 Å². The summed E-state index contributed by atoms with van der Waals surface area (Å²) in [6.45, 7) is 3.74. The second-order valence-corrected chi connectivity index (χ2v) is 6.34. The first-order valence-electron chi connectivity index (χ1n) is 6.90. The lowest BCUT2D eigenvalue weighted by Gasteiger charge is -2.05. The summed E-state index contributed by atoms with van der Waals surface area (Å²) in [7, 11) is 0. The van der Waals surface area contributed by atoms with Crippen molar-refractivity contribution in [2.75, 3.05) is 23.5 Å². The van der Waals surface area contributed by atoms with Crippen LogP contribution in [0.3, 0.4) is 0 Å². The molecule has 2 N–H and O–H groups in total. The van der Waals surface area contributed by atoms with Crippen LogP contribution in [-0.4, -0.2) is 29.8 Å². The van der Waals surface area contributed by atoms with E-state index < -0.39 is 12.0 Å². The van der Waals surface area contributed by atoms with Gasteiger partial charge < -0.3 is 10.1 Å². The molecular formula is C15H17N3O3S2. The van der Waals surface area contributed by atoms with Crippen LogP contribution in [0.25, 0.3) is 0 Å². The van der Waals surface area contributed by atoms with E-state index in [0.717, 1.165) is 16.2 Å². The molecule has 23 heavy (non-hydrogen) atoms. The number of anilines is 2. The molecule has 8 heteroatoms. The van der Waals surface area contributed by atoms with Crippen LogP contribution in [0.1, 0.15) is 22.3 Å². The monoisotopic (exact) mass is 351 g/mol. The van der Waals surface area contributed by atoms with Gasteiger partial charge in [0.25, 0.3) is 0 Å². The maximum atomic E-state index is 12.0. The molecule has 0 spiro atoms. The number of benzene rings is 1. The molecule has 0 atom stereocenters. The van der Waals surface area contributed by atoms with E-state index in [1.807, 2.05) is 30.5 Å². The maximum Gasteiger partial charge on any atom is 0.350 e. The smallest absolute Gasteiger partial charge is 0.350 e. The van der Waals surface area contributed by atoms with Gasteiger partial charge in [0.05, 0.1) is 12.3 Å². The minimum atomic E-state index is -0.427. The van der Waals surface area contributed by atoms with Crippen molar-refractivity contribution < 1.29 is 14.3 Å². The summed E-state index contributed by atoms with van der Waals surface area (Å²) in [4.78, 5) is 29.4. The van der Waals surface area contributed by atoms with Gasteiger partial charge in [-0.25, -0.2) is 14.6 Å². The SMILES string of the molecule is CCOC(=O)c1sc(NC(=O)Nc2ccc(SC)cc2)nc1C. The highest BCUT2D eigenvalue weighted by Crippen LogP contribution is 2.24. The van der Waals surface area contributed by atoms with E-state index in [2.05, 4.69) is 15.6 Å². The summed E-state index contributed by atoms with van der Waals surface area (Å²) in [5.74, 6) is -0.427. The Hall–Kier alpha value is -2.06. The molecule has 1 heterocycles. The normalized spacial score (nSPS) is 10.2. The number of aromatic nitrogens is 1. The Balaban J connectivity index is 1.99. The first-order valence-corrected chi connectivity index (χ1v) is 8.94. The number of thiazole rings is 1. The first kappa shape index (κ1) is 17.3. The Labute approximate surface area is 142 Å². The number of aryl methyl sites for hydroxylation is 1. The second kappa shape index (κ2) is 7.98. The molecule has 6 nitrogen and oxygen atoms in total. The topological polar surface area (TPSA) is 80.3 Å². The number of carbonyl (C=O) groups is 2. The van der Waals surface area contributed by atoms with Crippen molar-refractivity contribution in [2.24, 2.45) is 0 Å². The van der Waals surface area contributed by atoms with E-state index >= 15 is 0 Å². The highest BCUT2D eigenvalue weighted by Gasteiger charge is 2.17. The fraction of sp³-hybridized carbons (Fsp3) is 0.267. The molecule has 0 aliphatic heterocycles.